The van der Waals surface area contributed by atoms with Crippen LogP contribution in [-0.4, -0.2) is 21.2 Å². The zero-order valence-electron chi connectivity index (χ0n) is 16.8. The summed E-state index contributed by atoms with van der Waals surface area (Å²) in [6.07, 6.45) is 0.937. The van der Waals surface area contributed by atoms with E-state index in [-0.39, 0.29) is 5.56 Å². The van der Waals surface area contributed by atoms with Crippen molar-refractivity contribution in [2.24, 2.45) is 0 Å². The first kappa shape index (κ1) is 19.6. The second-order valence-electron chi connectivity index (χ2n) is 7.38. The minimum Gasteiger partial charge on any atom is -0.279 e. The standard InChI is InChI=1S/C24H25N3OS/c1-18-12-13-21(29-18)16-26(15-14-20-8-4-3-5-9-20)17-27-24(28)23-11-7-6-10-22(23)19(2)25-27/h3-13H,14-17H2,1-2H3. The molecule has 2 aromatic heterocycles. The summed E-state index contributed by atoms with van der Waals surface area (Å²) in [6.45, 7) is 6.25. The summed E-state index contributed by atoms with van der Waals surface area (Å²) in [4.78, 5) is 17.9. The Bertz CT molecular complexity index is 1160. The van der Waals surface area contributed by atoms with Gasteiger partial charge in [-0.05, 0) is 44.0 Å². The number of fused-ring (bicyclic) bond motifs is 1. The predicted molar refractivity (Wildman–Crippen MR) is 120 cm³/mol. The highest BCUT2D eigenvalue weighted by molar-refractivity contribution is 7.11. The molecule has 0 saturated heterocycles. The minimum absolute atomic E-state index is 0.0294. The highest BCUT2D eigenvalue weighted by Gasteiger charge is 2.13. The summed E-state index contributed by atoms with van der Waals surface area (Å²) in [5, 5.41) is 6.27. The van der Waals surface area contributed by atoms with Crippen LogP contribution >= 0.6 is 11.3 Å². The molecule has 4 nitrogen and oxygen atoms in total. The van der Waals surface area contributed by atoms with Gasteiger partial charge in [0.25, 0.3) is 5.56 Å². The lowest BCUT2D eigenvalue weighted by Crippen LogP contribution is -2.35. The van der Waals surface area contributed by atoms with Gasteiger partial charge in [-0.15, -0.1) is 11.3 Å². The molecule has 0 aliphatic heterocycles. The van der Waals surface area contributed by atoms with E-state index in [1.807, 2.05) is 48.6 Å². The highest BCUT2D eigenvalue weighted by Crippen LogP contribution is 2.18. The zero-order valence-corrected chi connectivity index (χ0v) is 17.7. The van der Waals surface area contributed by atoms with Crippen molar-refractivity contribution in [2.45, 2.75) is 33.5 Å². The molecule has 5 heteroatoms. The van der Waals surface area contributed by atoms with E-state index >= 15 is 0 Å². The summed E-state index contributed by atoms with van der Waals surface area (Å²) in [5.74, 6) is 0. The smallest absolute Gasteiger partial charge is 0.275 e. The van der Waals surface area contributed by atoms with Gasteiger partial charge in [0.2, 0.25) is 0 Å². The molecule has 0 bridgehead atoms. The third kappa shape index (κ3) is 4.63. The average molecular weight is 404 g/mol. The predicted octanol–water partition coefficient (Wildman–Crippen LogP) is 4.78. The van der Waals surface area contributed by atoms with Crippen LogP contribution in [-0.2, 0) is 19.6 Å². The number of nitrogens with zero attached hydrogens (tertiary/aromatic N) is 3. The molecule has 2 heterocycles. The third-order valence-corrected chi connectivity index (χ3v) is 6.11. The maximum absolute atomic E-state index is 13.0. The van der Waals surface area contributed by atoms with Crippen LogP contribution in [0.15, 0.2) is 71.5 Å². The number of aryl methyl sites for hydroxylation is 2. The highest BCUT2D eigenvalue weighted by atomic mass is 32.1. The molecule has 0 unspecified atom stereocenters. The molecule has 0 amide bonds. The lowest BCUT2D eigenvalue weighted by atomic mass is 10.1. The molecule has 0 radical (unpaired) electrons. The van der Waals surface area contributed by atoms with E-state index < -0.39 is 0 Å². The summed E-state index contributed by atoms with van der Waals surface area (Å²) in [6, 6.07) is 22.5. The first-order chi connectivity index (χ1) is 14.1. The monoisotopic (exact) mass is 403 g/mol. The van der Waals surface area contributed by atoms with Crippen LogP contribution in [0.1, 0.15) is 21.0 Å². The Hall–Kier alpha value is -2.76. The molecule has 0 atom stereocenters. The van der Waals surface area contributed by atoms with Crippen LogP contribution in [0.2, 0.25) is 0 Å². The van der Waals surface area contributed by atoms with Gasteiger partial charge < -0.3 is 0 Å². The summed E-state index contributed by atoms with van der Waals surface area (Å²) >= 11 is 1.81. The van der Waals surface area contributed by atoms with Crippen molar-refractivity contribution in [2.75, 3.05) is 6.54 Å². The Morgan fingerprint density at radius 2 is 1.66 bits per heavy atom. The van der Waals surface area contributed by atoms with Crippen molar-refractivity contribution in [1.82, 2.24) is 14.7 Å². The summed E-state index contributed by atoms with van der Waals surface area (Å²) in [7, 11) is 0. The second-order valence-corrected chi connectivity index (χ2v) is 8.75. The normalized spacial score (nSPS) is 11.4. The molecule has 0 aliphatic carbocycles. The van der Waals surface area contributed by atoms with Gasteiger partial charge in [0.1, 0.15) is 0 Å². The van der Waals surface area contributed by atoms with Crippen LogP contribution < -0.4 is 5.56 Å². The van der Waals surface area contributed by atoms with Crippen molar-refractivity contribution in [3.05, 3.63) is 98.1 Å². The minimum atomic E-state index is -0.0294. The van der Waals surface area contributed by atoms with E-state index in [0.29, 0.717) is 6.67 Å². The van der Waals surface area contributed by atoms with E-state index in [4.69, 9.17) is 0 Å². The molecule has 4 rings (SSSR count). The van der Waals surface area contributed by atoms with E-state index in [9.17, 15) is 4.79 Å². The molecular formula is C24H25N3OS. The fraction of sp³-hybridized carbons (Fsp3) is 0.250. The Labute approximate surface area is 175 Å². The Balaban J connectivity index is 1.61. The number of hydrogen-bond donors (Lipinski definition) is 0. The number of thiophene rings is 1. The van der Waals surface area contributed by atoms with Crippen molar-refractivity contribution in [3.8, 4) is 0 Å². The molecule has 29 heavy (non-hydrogen) atoms. The van der Waals surface area contributed by atoms with E-state index in [0.717, 1.165) is 36.0 Å². The number of hydrogen-bond acceptors (Lipinski definition) is 4. The van der Waals surface area contributed by atoms with Gasteiger partial charge in [0.15, 0.2) is 0 Å². The summed E-state index contributed by atoms with van der Waals surface area (Å²) in [5.41, 5.74) is 2.16. The molecule has 4 aromatic rings. The molecule has 148 valence electrons. The number of rotatable bonds is 7. The molecule has 0 aliphatic rings. The van der Waals surface area contributed by atoms with Gasteiger partial charge in [-0.3, -0.25) is 9.69 Å². The van der Waals surface area contributed by atoms with E-state index in [1.165, 1.54) is 15.3 Å². The van der Waals surface area contributed by atoms with E-state index in [1.54, 1.807) is 4.68 Å². The van der Waals surface area contributed by atoms with Crippen molar-refractivity contribution < 1.29 is 0 Å². The molecule has 2 aromatic carbocycles. The van der Waals surface area contributed by atoms with Gasteiger partial charge >= 0.3 is 0 Å². The SMILES string of the molecule is Cc1ccc(CN(CCc2ccccc2)Cn2nc(C)c3ccccc3c2=O)s1. The first-order valence-electron chi connectivity index (χ1n) is 9.88. The van der Waals surface area contributed by atoms with Crippen molar-refractivity contribution >= 4 is 22.1 Å². The average Bonchev–Trinajstić information content (AvgIpc) is 3.15. The molecule has 0 saturated carbocycles. The maximum atomic E-state index is 13.0. The van der Waals surface area contributed by atoms with E-state index in [2.05, 4.69) is 53.3 Å². The Morgan fingerprint density at radius 3 is 2.38 bits per heavy atom. The topological polar surface area (TPSA) is 38.1 Å². The van der Waals surface area contributed by atoms with Gasteiger partial charge in [-0.25, -0.2) is 4.68 Å². The lowest BCUT2D eigenvalue weighted by molar-refractivity contribution is 0.198. The summed E-state index contributed by atoms with van der Waals surface area (Å²) < 4.78 is 1.61. The zero-order chi connectivity index (χ0) is 20.2. The largest absolute Gasteiger partial charge is 0.279 e. The fourth-order valence-corrected chi connectivity index (χ4v) is 4.54. The fourth-order valence-electron chi connectivity index (χ4n) is 3.61. The van der Waals surface area contributed by atoms with Gasteiger partial charge in [0.05, 0.1) is 17.7 Å². The first-order valence-corrected chi connectivity index (χ1v) is 10.7. The van der Waals surface area contributed by atoms with Gasteiger partial charge in [0, 0.05) is 28.2 Å². The van der Waals surface area contributed by atoms with Gasteiger partial charge in [-0.1, -0.05) is 48.5 Å². The third-order valence-electron chi connectivity index (χ3n) is 5.12. The Kier molecular flexibility index (Phi) is 5.88. The van der Waals surface area contributed by atoms with Crippen LogP contribution in [0.25, 0.3) is 10.8 Å². The quantitative estimate of drug-likeness (QED) is 0.446. The van der Waals surface area contributed by atoms with Crippen molar-refractivity contribution in [3.63, 3.8) is 0 Å². The van der Waals surface area contributed by atoms with Gasteiger partial charge in [-0.2, -0.15) is 5.10 Å². The van der Waals surface area contributed by atoms with Crippen LogP contribution in [0.4, 0.5) is 0 Å². The molecule has 0 spiro atoms. The Morgan fingerprint density at radius 1 is 0.931 bits per heavy atom. The second kappa shape index (κ2) is 8.72. The molecular weight excluding hydrogens is 378 g/mol. The number of benzene rings is 2. The molecule has 0 fully saturated rings. The molecule has 0 N–H and O–H groups in total. The van der Waals surface area contributed by atoms with Crippen LogP contribution in [0, 0.1) is 13.8 Å². The maximum Gasteiger partial charge on any atom is 0.275 e. The van der Waals surface area contributed by atoms with Crippen LogP contribution in [0.3, 0.4) is 0 Å². The lowest BCUT2D eigenvalue weighted by Gasteiger charge is -2.22. The van der Waals surface area contributed by atoms with Crippen molar-refractivity contribution in [1.29, 1.82) is 0 Å². The number of aromatic nitrogens is 2. The van der Waals surface area contributed by atoms with Crippen LogP contribution in [0.5, 0.6) is 0 Å².